The Morgan fingerprint density at radius 1 is 1.32 bits per heavy atom. The molecule has 2 unspecified atom stereocenters. The van der Waals surface area contributed by atoms with Crippen LogP contribution in [0.15, 0.2) is 34.2 Å². The summed E-state index contributed by atoms with van der Waals surface area (Å²) in [4.78, 5) is 4.11. The SMILES string of the molecule is CCNC(=NCCS(=O)(=O)c1ccccc1F)NC1CCCC(C)C1. The first-order chi connectivity index (χ1) is 11.9. The maximum atomic E-state index is 13.7. The molecule has 7 heteroatoms. The molecule has 0 amide bonds. The maximum Gasteiger partial charge on any atom is 0.191 e. The van der Waals surface area contributed by atoms with E-state index < -0.39 is 15.7 Å². The molecule has 2 N–H and O–H groups in total. The molecule has 0 heterocycles. The van der Waals surface area contributed by atoms with Gasteiger partial charge in [0.2, 0.25) is 0 Å². The first-order valence-corrected chi connectivity index (χ1v) is 10.6. The Kier molecular flexibility index (Phi) is 7.23. The minimum atomic E-state index is -3.68. The van der Waals surface area contributed by atoms with Crippen molar-refractivity contribution in [1.82, 2.24) is 10.6 Å². The number of benzene rings is 1. The number of nitrogens with zero attached hydrogens (tertiary/aromatic N) is 1. The summed E-state index contributed by atoms with van der Waals surface area (Å²) in [5.74, 6) is 0.388. The van der Waals surface area contributed by atoms with E-state index in [-0.39, 0.29) is 17.2 Å². The molecule has 2 atom stereocenters. The number of rotatable bonds is 6. The van der Waals surface area contributed by atoms with Gasteiger partial charge in [-0.2, -0.15) is 0 Å². The lowest BCUT2D eigenvalue weighted by Crippen LogP contribution is -2.45. The van der Waals surface area contributed by atoms with Crippen LogP contribution in [0.4, 0.5) is 4.39 Å². The molecule has 2 rings (SSSR count). The fourth-order valence-corrected chi connectivity index (χ4v) is 4.37. The predicted octanol–water partition coefficient (Wildman–Crippen LogP) is 2.73. The van der Waals surface area contributed by atoms with Crippen LogP contribution < -0.4 is 10.6 Å². The van der Waals surface area contributed by atoms with Crippen molar-refractivity contribution in [2.75, 3.05) is 18.8 Å². The van der Waals surface area contributed by atoms with Gasteiger partial charge < -0.3 is 10.6 Å². The third-order valence-electron chi connectivity index (χ3n) is 4.42. The third-order valence-corrected chi connectivity index (χ3v) is 6.14. The van der Waals surface area contributed by atoms with Gasteiger partial charge in [0.05, 0.1) is 12.3 Å². The molecular weight excluding hydrogens is 341 g/mol. The highest BCUT2D eigenvalue weighted by molar-refractivity contribution is 7.91. The van der Waals surface area contributed by atoms with Crippen LogP contribution in [0.3, 0.4) is 0 Å². The molecule has 0 saturated heterocycles. The molecule has 1 saturated carbocycles. The summed E-state index contributed by atoms with van der Waals surface area (Å²) in [6.45, 7) is 5.01. The van der Waals surface area contributed by atoms with E-state index in [2.05, 4.69) is 22.5 Å². The molecule has 1 aromatic carbocycles. The lowest BCUT2D eigenvalue weighted by molar-refractivity contribution is 0.324. The van der Waals surface area contributed by atoms with Gasteiger partial charge in [0.1, 0.15) is 10.7 Å². The quantitative estimate of drug-likeness (QED) is 0.597. The summed E-state index contributed by atoms with van der Waals surface area (Å²) in [7, 11) is -3.68. The van der Waals surface area contributed by atoms with Gasteiger partial charge >= 0.3 is 0 Å². The Morgan fingerprint density at radius 3 is 2.76 bits per heavy atom. The monoisotopic (exact) mass is 369 g/mol. The summed E-state index contributed by atoms with van der Waals surface area (Å²) in [6, 6.07) is 5.82. The summed E-state index contributed by atoms with van der Waals surface area (Å²) < 4.78 is 38.2. The highest BCUT2D eigenvalue weighted by Crippen LogP contribution is 2.23. The van der Waals surface area contributed by atoms with Gasteiger partial charge in [-0.25, -0.2) is 12.8 Å². The fourth-order valence-electron chi connectivity index (χ4n) is 3.16. The van der Waals surface area contributed by atoms with Crippen LogP contribution in [0.2, 0.25) is 0 Å². The molecule has 1 aliphatic carbocycles. The van der Waals surface area contributed by atoms with Crippen LogP contribution in [0.1, 0.15) is 39.5 Å². The maximum absolute atomic E-state index is 13.7. The summed E-state index contributed by atoms with van der Waals surface area (Å²) in [6.07, 6.45) is 4.65. The lowest BCUT2D eigenvalue weighted by atomic mass is 9.87. The standard InChI is InChI=1S/C18H28FN3O2S/c1-3-20-18(22-15-8-6-7-14(2)13-15)21-11-12-25(23,24)17-10-5-4-9-16(17)19/h4-5,9-10,14-15H,3,6-8,11-13H2,1-2H3,(H2,20,21,22). The van der Waals surface area contributed by atoms with Gasteiger partial charge in [-0.1, -0.05) is 31.9 Å². The van der Waals surface area contributed by atoms with Crippen LogP contribution in [0.5, 0.6) is 0 Å². The molecule has 5 nitrogen and oxygen atoms in total. The van der Waals surface area contributed by atoms with Crippen LogP contribution in [0.25, 0.3) is 0 Å². The second kappa shape index (κ2) is 9.17. The largest absolute Gasteiger partial charge is 0.357 e. The topological polar surface area (TPSA) is 70.6 Å². The van der Waals surface area contributed by atoms with Gasteiger partial charge in [0.25, 0.3) is 0 Å². The normalized spacial score (nSPS) is 21.8. The van der Waals surface area contributed by atoms with Crippen molar-refractivity contribution < 1.29 is 12.8 Å². The molecule has 0 spiro atoms. The lowest BCUT2D eigenvalue weighted by Gasteiger charge is -2.28. The number of hydrogen-bond donors (Lipinski definition) is 2. The number of hydrogen-bond acceptors (Lipinski definition) is 3. The average Bonchev–Trinajstić information content (AvgIpc) is 2.55. The smallest absolute Gasteiger partial charge is 0.191 e. The van der Waals surface area contributed by atoms with E-state index in [1.54, 1.807) is 0 Å². The second-order valence-electron chi connectivity index (χ2n) is 6.62. The summed E-state index contributed by atoms with van der Waals surface area (Å²) >= 11 is 0. The zero-order valence-corrected chi connectivity index (χ0v) is 15.8. The van der Waals surface area contributed by atoms with Crippen molar-refractivity contribution in [2.24, 2.45) is 10.9 Å². The van der Waals surface area contributed by atoms with E-state index in [4.69, 9.17) is 0 Å². The van der Waals surface area contributed by atoms with Crippen LogP contribution in [-0.2, 0) is 9.84 Å². The van der Waals surface area contributed by atoms with E-state index in [0.29, 0.717) is 24.5 Å². The zero-order chi connectivity index (χ0) is 18.3. The predicted molar refractivity (Wildman–Crippen MR) is 99.0 cm³/mol. The molecule has 1 aromatic rings. The third kappa shape index (κ3) is 5.99. The Balaban J connectivity index is 1.97. The number of sulfone groups is 1. The first-order valence-electron chi connectivity index (χ1n) is 8.94. The van der Waals surface area contributed by atoms with Crippen LogP contribution >= 0.6 is 0 Å². The van der Waals surface area contributed by atoms with E-state index in [1.807, 2.05) is 6.92 Å². The van der Waals surface area contributed by atoms with Gasteiger partial charge in [-0.05, 0) is 37.8 Å². The van der Waals surface area contributed by atoms with Crippen LogP contribution in [-0.4, -0.2) is 39.3 Å². The van der Waals surface area contributed by atoms with Crippen molar-refractivity contribution in [3.63, 3.8) is 0 Å². The molecule has 0 bridgehead atoms. The molecule has 0 aliphatic heterocycles. The van der Waals surface area contributed by atoms with E-state index in [9.17, 15) is 12.8 Å². The van der Waals surface area contributed by atoms with Crippen molar-refractivity contribution in [3.8, 4) is 0 Å². The summed E-state index contributed by atoms with van der Waals surface area (Å²) in [5.41, 5.74) is 0. The van der Waals surface area contributed by atoms with Crippen molar-refractivity contribution in [3.05, 3.63) is 30.1 Å². The minimum Gasteiger partial charge on any atom is -0.357 e. The molecule has 25 heavy (non-hydrogen) atoms. The summed E-state index contributed by atoms with van der Waals surface area (Å²) in [5, 5.41) is 6.55. The molecular formula is C18H28FN3O2S. The van der Waals surface area contributed by atoms with Crippen molar-refractivity contribution in [2.45, 2.75) is 50.5 Å². The van der Waals surface area contributed by atoms with Crippen LogP contribution in [0, 0.1) is 11.7 Å². The van der Waals surface area contributed by atoms with E-state index in [0.717, 1.165) is 18.9 Å². The highest BCUT2D eigenvalue weighted by atomic mass is 32.2. The Labute approximate surface area is 150 Å². The zero-order valence-electron chi connectivity index (χ0n) is 15.0. The van der Waals surface area contributed by atoms with Gasteiger partial charge in [0, 0.05) is 12.6 Å². The van der Waals surface area contributed by atoms with Crippen molar-refractivity contribution in [1.29, 1.82) is 0 Å². The molecule has 0 aromatic heterocycles. The minimum absolute atomic E-state index is 0.0915. The number of guanidine groups is 1. The molecule has 1 fully saturated rings. The fraction of sp³-hybridized carbons (Fsp3) is 0.611. The van der Waals surface area contributed by atoms with Crippen molar-refractivity contribution >= 4 is 15.8 Å². The molecule has 1 aliphatic rings. The molecule has 140 valence electrons. The molecule has 0 radical (unpaired) electrons. The van der Waals surface area contributed by atoms with Gasteiger partial charge in [-0.15, -0.1) is 0 Å². The van der Waals surface area contributed by atoms with E-state index >= 15 is 0 Å². The number of nitrogens with one attached hydrogen (secondary N) is 2. The number of halogens is 1. The number of aliphatic imine (C=N–C) groups is 1. The Bertz CT molecular complexity index is 691. The Morgan fingerprint density at radius 2 is 2.08 bits per heavy atom. The second-order valence-corrected chi connectivity index (χ2v) is 8.70. The van der Waals surface area contributed by atoms with E-state index in [1.165, 1.54) is 31.0 Å². The van der Waals surface area contributed by atoms with Gasteiger partial charge in [0.15, 0.2) is 15.8 Å². The first kappa shape index (κ1) is 19.7. The average molecular weight is 370 g/mol. The van der Waals surface area contributed by atoms with Gasteiger partial charge in [-0.3, -0.25) is 4.99 Å². The Hall–Kier alpha value is -1.63. The highest BCUT2D eigenvalue weighted by Gasteiger charge is 2.20.